The van der Waals surface area contributed by atoms with Crippen LogP contribution in [0.3, 0.4) is 0 Å². The molecule has 6 nitrogen and oxygen atoms in total. The van der Waals surface area contributed by atoms with E-state index in [2.05, 4.69) is 20.9 Å². The summed E-state index contributed by atoms with van der Waals surface area (Å²) >= 11 is 1.36. The number of carbonyl (C=O) groups excluding carboxylic acids is 2. The van der Waals surface area contributed by atoms with Crippen molar-refractivity contribution in [2.24, 2.45) is 0 Å². The Hall–Kier alpha value is -2.41. The van der Waals surface area contributed by atoms with Gasteiger partial charge in [0.1, 0.15) is 6.04 Å². The van der Waals surface area contributed by atoms with Crippen LogP contribution in [0.15, 0.2) is 35.7 Å². The molecule has 0 saturated carbocycles. The van der Waals surface area contributed by atoms with E-state index < -0.39 is 6.04 Å². The highest BCUT2D eigenvalue weighted by molar-refractivity contribution is 7.14. The van der Waals surface area contributed by atoms with Crippen LogP contribution in [0.2, 0.25) is 0 Å². The molecular formula is C13H12N4O2S. The van der Waals surface area contributed by atoms with Crippen molar-refractivity contribution in [2.45, 2.75) is 6.04 Å². The van der Waals surface area contributed by atoms with Crippen LogP contribution in [0, 0.1) is 0 Å². The van der Waals surface area contributed by atoms with Crippen molar-refractivity contribution in [3.05, 3.63) is 35.7 Å². The lowest BCUT2D eigenvalue weighted by Gasteiger charge is -2.06. The number of anilines is 1. The topological polar surface area (TPSA) is 83.1 Å². The Balaban J connectivity index is 1.68. The van der Waals surface area contributed by atoms with Crippen molar-refractivity contribution < 1.29 is 9.59 Å². The van der Waals surface area contributed by atoms with Crippen molar-refractivity contribution in [1.82, 2.24) is 15.6 Å². The number of hydrogen-bond acceptors (Lipinski definition) is 4. The maximum absolute atomic E-state index is 11.9. The molecule has 1 aromatic heterocycles. The molecule has 2 aromatic rings. The van der Waals surface area contributed by atoms with Crippen LogP contribution in [0.25, 0.3) is 11.3 Å². The number of urea groups is 1. The van der Waals surface area contributed by atoms with Crippen LogP contribution in [0.5, 0.6) is 0 Å². The Morgan fingerprint density at radius 2 is 2.15 bits per heavy atom. The zero-order valence-corrected chi connectivity index (χ0v) is 11.2. The number of hydrogen-bond donors (Lipinski definition) is 3. The van der Waals surface area contributed by atoms with Crippen molar-refractivity contribution in [1.29, 1.82) is 0 Å². The number of amides is 3. The molecule has 1 aliphatic rings. The molecule has 1 aromatic carbocycles. The predicted molar refractivity (Wildman–Crippen MR) is 76.5 cm³/mol. The molecule has 20 heavy (non-hydrogen) atoms. The molecule has 0 aliphatic carbocycles. The summed E-state index contributed by atoms with van der Waals surface area (Å²) < 4.78 is 0. The van der Waals surface area contributed by atoms with E-state index in [1.165, 1.54) is 11.3 Å². The third kappa shape index (κ3) is 2.62. The molecule has 0 spiro atoms. The number of aromatic nitrogens is 1. The molecule has 1 unspecified atom stereocenters. The molecule has 3 N–H and O–H groups in total. The van der Waals surface area contributed by atoms with Crippen LogP contribution < -0.4 is 16.0 Å². The van der Waals surface area contributed by atoms with Gasteiger partial charge in [-0.3, -0.25) is 4.79 Å². The monoisotopic (exact) mass is 288 g/mol. The van der Waals surface area contributed by atoms with Gasteiger partial charge in [-0.15, -0.1) is 11.3 Å². The van der Waals surface area contributed by atoms with Gasteiger partial charge in [-0.05, 0) is 0 Å². The first-order valence-electron chi connectivity index (χ1n) is 6.08. The predicted octanol–water partition coefficient (Wildman–Crippen LogP) is 1.43. The number of carbonyl (C=O) groups is 2. The smallest absolute Gasteiger partial charge is 0.315 e. The summed E-state index contributed by atoms with van der Waals surface area (Å²) in [5, 5.41) is 10.2. The summed E-state index contributed by atoms with van der Waals surface area (Å²) in [6.07, 6.45) is 0. The lowest BCUT2D eigenvalue weighted by atomic mass is 10.2. The van der Waals surface area contributed by atoms with Crippen LogP contribution in [0.4, 0.5) is 9.93 Å². The minimum Gasteiger partial charge on any atom is -0.336 e. The van der Waals surface area contributed by atoms with Gasteiger partial charge in [0.05, 0.1) is 5.69 Å². The zero-order valence-electron chi connectivity index (χ0n) is 10.4. The summed E-state index contributed by atoms with van der Waals surface area (Å²) in [6, 6.07) is 8.86. The average Bonchev–Trinajstić information content (AvgIpc) is 3.09. The van der Waals surface area contributed by atoms with Gasteiger partial charge >= 0.3 is 6.03 Å². The molecule has 102 valence electrons. The molecule has 0 radical (unpaired) electrons. The number of nitrogens with zero attached hydrogens (tertiary/aromatic N) is 1. The van der Waals surface area contributed by atoms with Gasteiger partial charge in [0.15, 0.2) is 5.13 Å². The highest BCUT2D eigenvalue weighted by Gasteiger charge is 2.27. The average molecular weight is 288 g/mol. The van der Waals surface area contributed by atoms with Crippen LogP contribution in [-0.2, 0) is 4.79 Å². The van der Waals surface area contributed by atoms with Crippen molar-refractivity contribution in [3.8, 4) is 11.3 Å². The van der Waals surface area contributed by atoms with Crippen molar-refractivity contribution in [3.63, 3.8) is 0 Å². The first kappa shape index (κ1) is 12.6. The molecule has 1 saturated heterocycles. The van der Waals surface area contributed by atoms with Gasteiger partial charge in [0.2, 0.25) is 0 Å². The maximum atomic E-state index is 11.9. The third-order valence-electron chi connectivity index (χ3n) is 2.89. The summed E-state index contributed by atoms with van der Waals surface area (Å²) in [7, 11) is 0. The summed E-state index contributed by atoms with van der Waals surface area (Å²) in [5.74, 6) is -0.266. The molecule has 3 amide bonds. The van der Waals surface area contributed by atoms with Gasteiger partial charge < -0.3 is 16.0 Å². The van der Waals surface area contributed by atoms with E-state index in [1.807, 2.05) is 35.7 Å². The fourth-order valence-electron chi connectivity index (χ4n) is 1.88. The summed E-state index contributed by atoms with van der Waals surface area (Å²) in [5.41, 5.74) is 1.82. The molecule has 0 bridgehead atoms. The maximum Gasteiger partial charge on any atom is 0.315 e. The molecule has 7 heteroatoms. The normalized spacial score (nSPS) is 17.4. The summed E-state index contributed by atoms with van der Waals surface area (Å²) in [4.78, 5) is 27.3. The molecule has 3 rings (SSSR count). The van der Waals surface area contributed by atoms with Crippen LogP contribution >= 0.6 is 11.3 Å². The molecule has 2 heterocycles. The van der Waals surface area contributed by atoms with E-state index in [1.54, 1.807) is 0 Å². The second-order valence-electron chi connectivity index (χ2n) is 4.30. The number of rotatable bonds is 3. The Kier molecular flexibility index (Phi) is 3.34. The minimum absolute atomic E-state index is 0.266. The number of nitrogens with one attached hydrogen (secondary N) is 3. The Morgan fingerprint density at radius 3 is 2.85 bits per heavy atom. The Morgan fingerprint density at radius 1 is 1.35 bits per heavy atom. The van der Waals surface area contributed by atoms with Crippen molar-refractivity contribution >= 4 is 28.4 Å². The SMILES string of the molecule is O=C1NCC(C(=O)Nc2nc(-c3ccccc3)cs2)N1. The van der Waals surface area contributed by atoms with E-state index in [0.29, 0.717) is 11.7 Å². The van der Waals surface area contributed by atoms with Crippen LogP contribution in [-0.4, -0.2) is 29.5 Å². The zero-order chi connectivity index (χ0) is 13.9. The largest absolute Gasteiger partial charge is 0.336 e. The standard InChI is InChI=1S/C13H12N4O2S/c18-11(9-6-14-12(19)15-9)17-13-16-10(7-20-13)8-4-2-1-3-5-8/h1-5,7,9H,6H2,(H2,14,15,19)(H,16,17,18). The molecule has 1 aliphatic heterocycles. The fraction of sp³-hybridized carbons (Fsp3) is 0.154. The van der Waals surface area contributed by atoms with Gasteiger partial charge in [-0.2, -0.15) is 0 Å². The highest BCUT2D eigenvalue weighted by atomic mass is 32.1. The number of thiazole rings is 1. The van der Waals surface area contributed by atoms with E-state index in [0.717, 1.165) is 11.3 Å². The Bertz CT molecular complexity index is 641. The van der Waals surface area contributed by atoms with Gasteiger partial charge in [0.25, 0.3) is 5.91 Å². The fourth-order valence-corrected chi connectivity index (χ4v) is 2.60. The van der Waals surface area contributed by atoms with Gasteiger partial charge in [0, 0.05) is 17.5 Å². The summed E-state index contributed by atoms with van der Waals surface area (Å²) in [6.45, 7) is 0.293. The van der Waals surface area contributed by atoms with Crippen LogP contribution in [0.1, 0.15) is 0 Å². The van der Waals surface area contributed by atoms with Gasteiger partial charge in [-0.25, -0.2) is 9.78 Å². The van der Waals surface area contributed by atoms with E-state index >= 15 is 0 Å². The van der Waals surface area contributed by atoms with E-state index in [9.17, 15) is 9.59 Å². The molecule has 1 fully saturated rings. The minimum atomic E-state index is -0.549. The first-order chi connectivity index (χ1) is 9.72. The second-order valence-corrected chi connectivity index (χ2v) is 5.16. The highest BCUT2D eigenvalue weighted by Crippen LogP contribution is 2.24. The first-order valence-corrected chi connectivity index (χ1v) is 6.96. The Labute approximate surface area is 119 Å². The molecule has 1 atom stereocenters. The lowest BCUT2D eigenvalue weighted by molar-refractivity contribution is -0.117. The quantitative estimate of drug-likeness (QED) is 0.799. The van der Waals surface area contributed by atoms with E-state index in [4.69, 9.17) is 0 Å². The van der Waals surface area contributed by atoms with E-state index in [-0.39, 0.29) is 11.9 Å². The lowest BCUT2D eigenvalue weighted by Crippen LogP contribution is -2.38. The molecular weight excluding hydrogens is 276 g/mol. The third-order valence-corrected chi connectivity index (χ3v) is 3.65. The van der Waals surface area contributed by atoms with Crippen molar-refractivity contribution in [2.75, 3.05) is 11.9 Å². The number of benzene rings is 1. The second kappa shape index (κ2) is 5.30. The van der Waals surface area contributed by atoms with Gasteiger partial charge in [-0.1, -0.05) is 30.3 Å².